The topological polar surface area (TPSA) is 47.3 Å². The lowest BCUT2D eigenvalue weighted by atomic mass is 10.2. The van der Waals surface area contributed by atoms with Gasteiger partial charge in [0.2, 0.25) is 0 Å². The molecule has 4 nitrogen and oxygen atoms in total. The summed E-state index contributed by atoms with van der Waals surface area (Å²) in [5.74, 6) is 0. The van der Waals surface area contributed by atoms with Crippen LogP contribution in [-0.4, -0.2) is 8.42 Å². The van der Waals surface area contributed by atoms with E-state index in [1.54, 1.807) is 18.2 Å². The van der Waals surface area contributed by atoms with Crippen molar-refractivity contribution in [1.29, 1.82) is 0 Å². The van der Waals surface area contributed by atoms with Crippen LogP contribution in [0.4, 0.5) is 0 Å². The Morgan fingerprint density at radius 3 is 1.95 bits per heavy atom. The number of nitrogens with zero attached hydrogens (tertiary/aromatic N) is 1. The second kappa shape index (κ2) is 7.91. The first-order valence-electron chi connectivity index (χ1n) is 5.78. The molecule has 0 aliphatic heterocycles. The zero-order chi connectivity index (χ0) is 14.8. The van der Waals surface area contributed by atoms with E-state index in [-0.39, 0.29) is 0 Å². The second-order valence-corrected chi connectivity index (χ2v) is 5.01. The van der Waals surface area contributed by atoms with Gasteiger partial charge in [0, 0.05) is 12.1 Å². The lowest BCUT2D eigenvalue weighted by Gasteiger charge is -1.93. The van der Waals surface area contributed by atoms with Crippen molar-refractivity contribution < 1.29 is 16.6 Å². The minimum atomic E-state index is -3.71. The van der Waals surface area contributed by atoms with Crippen LogP contribution in [0.2, 0.25) is 0 Å². The molecule has 1 heterocycles. The second-order valence-electron chi connectivity index (χ2n) is 3.54. The maximum absolute atomic E-state index is 11.1. The summed E-state index contributed by atoms with van der Waals surface area (Å²) in [6, 6.07) is 14.9. The maximum atomic E-state index is 11.1. The van der Waals surface area contributed by atoms with Crippen LogP contribution in [0.5, 0.6) is 0 Å². The Bertz CT molecular complexity index is 637. The number of rotatable bonds is 4. The van der Waals surface area contributed by atoms with Crippen LogP contribution in [0.15, 0.2) is 80.3 Å². The average Bonchev–Trinajstić information content (AvgIpc) is 2.50. The summed E-state index contributed by atoms with van der Waals surface area (Å²) >= 11 is 0. The predicted molar refractivity (Wildman–Crippen MR) is 78.8 cm³/mol. The molecular formula is C15H16NO3S+. The molecule has 20 heavy (non-hydrogen) atoms. The standard InChI is InChI=1S/C8H8.C7H8NO3S/c1-2-8-6-4-3-5-7-8;1-2-11-12(9,10)8-6-4-3-5-7-8/h2-7H,1H2;2-7H,1H2/q;+1. The molecule has 0 N–H and O–H groups in total. The number of benzene rings is 1. The monoisotopic (exact) mass is 290 g/mol. The highest BCUT2D eigenvalue weighted by atomic mass is 32.2. The molecule has 0 saturated heterocycles. The zero-order valence-electron chi connectivity index (χ0n) is 10.9. The Hall–Kier alpha value is -2.40. The highest BCUT2D eigenvalue weighted by Gasteiger charge is 2.20. The third-order valence-electron chi connectivity index (χ3n) is 2.17. The van der Waals surface area contributed by atoms with Crippen molar-refractivity contribution in [3.05, 3.63) is 85.9 Å². The zero-order valence-corrected chi connectivity index (χ0v) is 11.7. The molecule has 1 aromatic heterocycles. The van der Waals surface area contributed by atoms with Crippen LogP contribution >= 0.6 is 0 Å². The molecule has 2 rings (SSSR count). The van der Waals surface area contributed by atoms with Crippen molar-refractivity contribution in [3.63, 3.8) is 0 Å². The van der Waals surface area contributed by atoms with E-state index in [1.807, 2.05) is 36.4 Å². The van der Waals surface area contributed by atoms with Gasteiger partial charge in [0.1, 0.15) is 6.26 Å². The molecule has 0 atom stereocenters. The summed E-state index contributed by atoms with van der Waals surface area (Å²) < 4.78 is 27.5. The van der Waals surface area contributed by atoms with Gasteiger partial charge in [-0.2, -0.15) is 0 Å². The van der Waals surface area contributed by atoms with Crippen molar-refractivity contribution in [1.82, 2.24) is 0 Å². The van der Waals surface area contributed by atoms with Crippen LogP contribution in [0.1, 0.15) is 5.56 Å². The minimum Gasteiger partial charge on any atom is -0.342 e. The first-order valence-corrected chi connectivity index (χ1v) is 7.15. The van der Waals surface area contributed by atoms with Gasteiger partial charge in [-0.3, -0.25) is 0 Å². The van der Waals surface area contributed by atoms with E-state index in [0.717, 1.165) is 10.2 Å². The molecule has 0 fully saturated rings. The van der Waals surface area contributed by atoms with Gasteiger partial charge in [-0.1, -0.05) is 59.6 Å². The van der Waals surface area contributed by atoms with Crippen molar-refractivity contribution in [2.45, 2.75) is 0 Å². The van der Waals surface area contributed by atoms with E-state index >= 15 is 0 Å². The van der Waals surface area contributed by atoms with Gasteiger partial charge in [0.25, 0.3) is 0 Å². The van der Waals surface area contributed by atoms with E-state index in [1.165, 1.54) is 18.0 Å². The molecule has 2 aromatic rings. The number of hydrogen-bond acceptors (Lipinski definition) is 3. The maximum Gasteiger partial charge on any atom is 0.564 e. The molecular weight excluding hydrogens is 274 g/mol. The van der Waals surface area contributed by atoms with Crippen LogP contribution in [0.3, 0.4) is 0 Å². The first-order chi connectivity index (χ1) is 9.60. The van der Waals surface area contributed by atoms with Gasteiger partial charge in [0.05, 0.1) is 0 Å². The molecule has 0 saturated carbocycles. The number of pyridine rings is 1. The fourth-order valence-corrected chi connectivity index (χ4v) is 1.97. The van der Waals surface area contributed by atoms with Crippen LogP contribution in [0, 0.1) is 0 Å². The normalized spacial score (nSPS) is 9.80. The Morgan fingerprint density at radius 1 is 0.950 bits per heavy atom. The molecule has 0 aliphatic carbocycles. The van der Waals surface area contributed by atoms with Gasteiger partial charge in [-0.15, -0.1) is 8.42 Å². The summed E-state index contributed by atoms with van der Waals surface area (Å²) in [6.45, 7) is 6.79. The van der Waals surface area contributed by atoms with Crippen LogP contribution in [0.25, 0.3) is 6.08 Å². The van der Waals surface area contributed by atoms with Crippen molar-refractivity contribution in [3.8, 4) is 0 Å². The molecule has 5 heteroatoms. The Morgan fingerprint density at radius 2 is 1.50 bits per heavy atom. The Kier molecular flexibility index (Phi) is 6.19. The van der Waals surface area contributed by atoms with E-state index in [9.17, 15) is 8.42 Å². The molecule has 0 unspecified atom stereocenters. The summed E-state index contributed by atoms with van der Waals surface area (Å²) in [4.78, 5) is 0. The van der Waals surface area contributed by atoms with Gasteiger partial charge in [0.15, 0.2) is 12.4 Å². The third-order valence-corrected chi connectivity index (χ3v) is 3.31. The third kappa shape index (κ3) is 5.07. The summed E-state index contributed by atoms with van der Waals surface area (Å²) in [7, 11) is -3.71. The predicted octanol–water partition coefficient (Wildman–Crippen LogP) is 2.56. The molecule has 0 bridgehead atoms. The Labute approximate surface area is 119 Å². The van der Waals surface area contributed by atoms with Crippen LogP contribution < -0.4 is 3.97 Å². The van der Waals surface area contributed by atoms with E-state index in [0.29, 0.717) is 0 Å². The lowest BCUT2D eigenvalue weighted by Crippen LogP contribution is -2.42. The van der Waals surface area contributed by atoms with Gasteiger partial charge < -0.3 is 4.18 Å². The van der Waals surface area contributed by atoms with E-state index < -0.39 is 10.3 Å². The average molecular weight is 290 g/mol. The van der Waals surface area contributed by atoms with E-state index in [4.69, 9.17) is 0 Å². The molecule has 0 spiro atoms. The molecule has 0 radical (unpaired) electrons. The van der Waals surface area contributed by atoms with Gasteiger partial charge in [-0.25, -0.2) is 0 Å². The van der Waals surface area contributed by atoms with Crippen molar-refractivity contribution in [2.75, 3.05) is 0 Å². The Balaban J connectivity index is 0.000000217. The number of hydrogen-bond donors (Lipinski definition) is 0. The van der Waals surface area contributed by atoms with Gasteiger partial charge in [-0.05, 0) is 5.56 Å². The smallest absolute Gasteiger partial charge is 0.342 e. The van der Waals surface area contributed by atoms with Crippen LogP contribution in [-0.2, 0) is 14.5 Å². The first kappa shape index (κ1) is 15.7. The lowest BCUT2D eigenvalue weighted by molar-refractivity contribution is -0.519. The van der Waals surface area contributed by atoms with Crippen molar-refractivity contribution >= 4 is 16.4 Å². The molecule has 0 amide bonds. The molecule has 104 valence electrons. The quantitative estimate of drug-likeness (QED) is 0.642. The fourth-order valence-electron chi connectivity index (χ4n) is 1.26. The summed E-state index contributed by atoms with van der Waals surface area (Å²) in [6.07, 6.45) is 5.45. The van der Waals surface area contributed by atoms with Crippen molar-refractivity contribution in [2.24, 2.45) is 0 Å². The van der Waals surface area contributed by atoms with Gasteiger partial charge >= 0.3 is 10.3 Å². The summed E-state index contributed by atoms with van der Waals surface area (Å²) in [5, 5.41) is 0. The largest absolute Gasteiger partial charge is 0.564 e. The highest BCUT2D eigenvalue weighted by molar-refractivity contribution is 7.80. The molecule has 1 aromatic carbocycles. The SMILES string of the molecule is C=COS(=O)(=O)[n+]1ccccc1.C=Cc1ccccc1. The van der Waals surface area contributed by atoms with E-state index in [2.05, 4.69) is 17.3 Å². The fraction of sp³-hybridized carbons (Fsp3) is 0. The highest BCUT2D eigenvalue weighted by Crippen LogP contribution is 1.97. The summed E-state index contributed by atoms with van der Waals surface area (Å²) in [5.41, 5.74) is 1.17. The number of aromatic nitrogens is 1. The molecule has 0 aliphatic rings. The minimum absolute atomic E-state index is 0.870.